The van der Waals surface area contributed by atoms with Crippen LogP contribution in [0.4, 0.5) is 0 Å². The maximum absolute atomic E-state index is 12.2. The molecule has 0 aliphatic carbocycles. The van der Waals surface area contributed by atoms with Crippen LogP contribution in [0.15, 0.2) is 48.5 Å². The van der Waals surface area contributed by atoms with E-state index < -0.39 is 0 Å². The molecular weight excluding hydrogens is 302 g/mol. The molecule has 1 aliphatic rings. The van der Waals surface area contributed by atoms with E-state index in [1.54, 1.807) is 24.3 Å². The molecule has 114 valence electrons. The van der Waals surface area contributed by atoms with Gasteiger partial charge in [0.2, 0.25) is 0 Å². The van der Waals surface area contributed by atoms with Crippen LogP contribution in [0.5, 0.6) is 11.5 Å². The Balaban J connectivity index is 1.64. The number of nitrogens with one attached hydrogen (secondary N) is 1. The highest BCUT2D eigenvalue weighted by molar-refractivity contribution is 6.30. The van der Waals surface area contributed by atoms with Gasteiger partial charge in [-0.25, -0.2) is 0 Å². The number of ether oxygens (including phenoxy) is 2. The highest BCUT2D eigenvalue weighted by Crippen LogP contribution is 2.31. The van der Waals surface area contributed by atoms with Crippen LogP contribution in [-0.4, -0.2) is 24.7 Å². The molecule has 1 N–H and O–H groups in total. The summed E-state index contributed by atoms with van der Waals surface area (Å²) in [6.45, 7) is 2.30. The SMILES string of the molecule is CC(NC(=O)c1ccc(Cl)cc1)C1COc2ccccc2O1. The molecule has 0 saturated carbocycles. The Morgan fingerprint density at radius 3 is 2.59 bits per heavy atom. The molecule has 1 aliphatic heterocycles. The first kappa shape index (κ1) is 14.7. The van der Waals surface area contributed by atoms with E-state index in [9.17, 15) is 4.79 Å². The number of para-hydroxylation sites is 2. The largest absolute Gasteiger partial charge is 0.486 e. The summed E-state index contributed by atoms with van der Waals surface area (Å²) in [7, 11) is 0. The molecule has 0 fully saturated rings. The van der Waals surface area contributed by atoms with Crippen LogP contribution in [0.25, 0.3) is 0 Å². The van der Waals surface area contributed by atoms with Crippen molar-refractivity contribution in [1.29, 1.82) is 0 Å². The zero-order chi connectivity index (χ0) is 15.5. The van der Waals surface area contributed by atoms with E-state index >= 15 is 0 Å². The zero-order valence-electron chi connectivity index (χ0n) is 12.1. The Hall–Kier alpha value is -2.20. The lowest BCUT2D eigenvalue weighted by Crippen LogP contribution is -2.48. The average molecular weight is 318 g/mol. The predicted octanol–water partition coefficient (Wildman–Crippen LogP) is 3.30. The Labute approximate surface area is 134 Å². The topological polar surface area (TPSA) is 47.6 Å². The second kappa shape index (κ2) is 6.28. The smallest absolute Gasteiger partial charge is 0.251 e. The highest BCUT2D eigenvalue weighted by atomic mass is 35.5. The summed E-state index contributed by atoms with van der Waals surface area (Å²) < 4.78 is 11.6. The molecule has 2 aromatic rings. The predicted molar refractivity (Wildman–Crippen MR) is 84.7 cm³/mol. The van der Waals surface area contributed by atoms with Gasteiger partial charge in [-0.3, -0.25) is 4.79 Å². The van der Waals surface area contributed by atoms with E-state index in [2.05, 4.69) is 5.32 Å². The highest BCUT2D eigenvalue weighted by Gasteiger charge is 2.27. The van der Waals surface area contributed by atoms with Gasteiger partial charge in [0.05, 0.1) is 6.04 Å². The van der Waals surface area contributed by atoms with Gasteiger partial charge in [-0.15, -0.1) is 0 Å². The normalized spacial score (nSPS) is 17.6. The van der Waals surface area contributed by atoms with Crippen molar-refractivity contribution >= 4 is 17.5 Å². The second-order valence-electron chi connectivity index (χ2n) is 5.18. The van der Waals surface area contributed by atoms with E-state index in [4.69, 9.17) is 21.1 Å². The number of halogens is 1. The fourth-order valence-electron chi connectivity index (χ4n) is 2.27. The van der Waals surface area contributed by atoms with E-state index in [0.717, 1.165) is 5.75 Å². The monoisotopic (exact) mass is 317 g/mol. The van der Waals surface area contributed by atoms with Crippen molar-refractivity contribution in [2.24, 2.45) is 0 Å². The zero-order valence-corrected chi connectivity index (χ0v) is 12.8. The molecule has 2 unspecified atom stereocenters. The van der Waals surface area contributed by atoms with Gasteiger partial charge in [-0.2, -0.15) is 0 Å². The van der Waals surface area contributed by atoms with E-state index in [1.165, 1.54) is 0 Å². The maximum Gasteiger partial charge on any atom is 0.251 e. The maximum atomic E-state index is 12.2. The molecular formula is C17H16ClNO3. The molecule has 5 heteroatoms. The number of amides is 1. The minimum atomic E-state index is -0.230. The van der Waals surface area contributed by atoms with Crippen molar-refractivity contribution in [1.82, 2.24) is 5.32 Å². The second-order valence-corrected chi connectivity index (χ2v) is 5.62. The first-order valence-corrected chi connectivity index (χ1v) is 7.46. The third kappa shape index (κ3) is 3.17. The fourth-order valence-corrected chi connectivity index (χ4v) is 2.39. The van der Waals surface area contributed by atoms with Crippen LogP contribution in [0.2, 0.25) is 5.02 Å². The van der Waals surface area contributed by atoms with Gasteiger partial charge in [0.15, 0.2) is 17.6 Å². The first-order valence-electron chi connectivity index (χ1n) is 7.08. The number of rotatable bonds is 3. The van der Waals surface area contributed by atoms with Crippen molar-refractivity contribution < 1.29 is 14.3 Å². The number of carbonyl (C=O) groups excluding carboxylic acids is 1. The molecule has 0 radical (unpaired) electrons. The lowest BCUT2D eigenvalue weighted by atomic mass is 10.1. The Morgan fingerprint density at radius 1 is 1.18 bits per heavy atom. The van der Waals surface area contributed by atoms with Crippen LogP contribution in [0.1, 0.15) is 17.3 Å². The minimum Gasteiger partial charge on any atom is -0.486 e. The van der Waals surface area contributed by atoms with E-state index in [1.807, 2.05) is 31.2 Å². The Kier molecular flexibility index (Phi) is 4.20. The van der Waals surface area contributed by atoms with Gasteiger partial charge in [0.25, 0.3) is 5.91 Å². The fraction of sp³-hybridized carbons (Fsp3) is 0.235. The first-order chi connectivity index (χ1) is 10.6. The number of carbonyl (C=O) groups is 1. The van der Waals surface area contributed by atoms with Crippen LogP contribution in [0.3, 0.4) is 0 Å². The van der Waals surface area contributed by atoms with Crippen LogP contribution in [0, 0.1) is 0 Å². The number of fused-ring (bicyclic) bond motifs is 1. The number of benzene rings is 2. The molecule has 0 saturated heterocycles. The molecule has 0 bridgehead atoms. The van der Waals surface area contributed by atoms with Gasteiger partial charge >= 0.3 is 0 Å². The standard InChI is InChI=1S/C17H16ClNO3/c1-11(19-17(20)12-6-8-13(18)9-7-12)16-10-21-14-4-2-3-5-15(14)22-16/h2-9,11,16H,10H2,1H3,(H,19,20). The lowest BCUT2D eigenvalue weighted by molar-refractivity contribution is 0.0606. The Morgan fingerprint density at radius 2 is 1.86 bits per heavy atom. The van der Waals surface area contributed by atoms with Crippen molar-refractivity contribution in [2.45, 2.75) is 19.1 Å². The van der Waals surface area contributed by atoms with Crippen LogP contribution < -0.4 is 14.8 Å². The third-order valence-electron chi connectivity index (χ3n) is 3.55. The molecule has 3 rings (SSSR count). The molecule has 0 spiro atoms. The number of hydrogen-bond acceptors (Lipinski definition) is 3. The Bertz CT molecular complexity index is 672. The van der Waals surface area contributed by atoms with Crippen LogP contribution >= 0.6 is 11.6 Å². The van der Waals surface area contributed by atoms with E-state index in [0.29, 0.717) is 22.9 Å². The van der Waals surface area contributed by atoms with Gasteiger partial charge in [0.1, 0.15) is 6.61 Å². The minimum absolute atomic E-state index is 0.161. The van der Waals surface area contributed by atoms with Gasteiger partial charge in [-0.1, -0.05) is 23.7 Å². The average Bonchev–Trinajstić information content (AvgIpc) is 2.55. The van der Waals surface area contributed by atoms with E-state index in [-0.39, 0.29) is 18.1 Å². The molecule has 1 heterocycles. The van der Waals surface area contributed by atoms with Crippen molar-refractivity contribution in [3.63, 3.8) is 0 Å². The summed E-state index contributed by atoms with van der Waals surface area (Å²) in [6.07, 6.45) is -0.230. The van der Waals surface area contributed by atoms with Gasteiger partial charge < -0.3 is 14.8 Å². The molecule has 2 aromatic carbocycles. The summed E-state index contributed by atoms with van der Waals surface area (Å²) >= 11 is 5.82. The molecule has 1 amide bonds. The quantitative estimate of drug-likeness (QED) is 0.945. The molecule has 0 aromatic heterocycles. The van der Waals surface area contributed by atoms with Gasteiger partial charge in [-0.05, 0) is 43.3 Å². The lowest BCUT2D eigenvalue weighted by Gasteiger charge is -2.30. The third-order valence-corrected chi connectivity index (χ3v) is 3.81. The summed E-state index contributed by atoms with van der Waals surface area (Å²) in [5.74, 6) is 1.27. The summed E-state index contributed by atoms with van der Waals surface area (Å²) in [6, 6.07) is 14.1. The molecule has 22 heavy (non-hydrogen) atoms. The number of hydrogen-bond donors (Lipinski definition) is 1. The summed E-state index contributed by atoms with van der Waals surface area (Å²) in [4.78, 5) is 12.2. The van der Waals surface area contributed by atoms with Crippen molar-refractivity contribution in [3.8, 4) is 11.5 Å². The summed E-state index contributed by atoms with van der Waals surface area (Å²) in [5.41, 5.74) is 0.563. The van der Waals surface area contributed by atoms with Crippen molar-refractivity contribution in [2.75, 3.05) is 6.61 Å². The van der Waals surface area contributed by atoms with Crippen LogP contribution in [-0.2, 0) is 0 Å². The molecule has 2 atom stereocenters. The summed E-state index contributed by atoms with van der Waals surface area (Å²) in [5, 5.41) is 3.53. The molecule has 4 nitrogen and oxygen atoms in total. The van der Waals surface area contributed by atoms with Crippen molar-refractivity contribution in [3.05, 3.63) is 59.1 Å². The van der Waals surface area contributed by atoms with Gasteiger partial charge in [0, 0.05) is 10.6 Å².